The van der Waals surface area contributed by atoms with E-state index in [9.17, 15) is 0 Å². The van der Waals surface area contributed by atoms with Crippen molar-refractivity contribution >= 4 is 16.5 Å². The molecule has 0 spiro atoms. The molecule has 0 atom stereocenters. The lowest BCUT2D eigenvalue weighted by atomic mass is 10.0. The van der Waals surface area contributed by atoms with Crippen LogP contribution in [0.3, 0.4) is 0 Å². The van der Waals surface area contributed by atoms with Gasteiger partial charge in [-0.1, -0.05) is 30.3 Å². The fourth-order valence-electron chi connectivity index (χ4n) is 2.45. The van der Waals surface area contributed by atoms with Gasteiger partial charge in [0.25, 0.3) is 0 Å². The normalized spacial score (nSPS) is 10.6. The van der Waals surface area contributed by atoms with Crippen LogP contribution in [0.2, 0.25) is 0 Å². The minimum Gasteiger partial charge on any atom is -0.870 e. The Morgan fingerprint density at radius 2 is 1.59 bits per heavy atom. The number of nitrogens with one attached hydrogen (secondary N) is 1. The number of fused-ring (bicyclic) bond motifs is 1. The molecule has 0 aliphatic rings. The van der Waals surface area contributed by atoms with Gasteiger partial charge in [0, 0.05) is 10.9 Å². The number of aryl methyl sites for hydroxylation is 1. The molecule has 2 aromatic carbocycles. The number of benzene rings is 2. The second-order valence-electron chi connectivity index (χ2n) is 4.29. The van der Waals surface area contributed by atoms with Crippen LogP contribution < -0.4 is 4.90 Å². The van der Waals surface area contributed by atoms with Crippen molar-refractivity contribution in [2.45, 2.75) is 20.8 Å². The molecule has 2 heteroatoms. The van der Waals surface area contributed by atoms with Gasteiger partial charge in [-0.05, 0) is 32.2 Å². The molecule has 0 aliphatic heterocycles. The molecule has 0 unspecified atom stereocenters. The van der Waals surface area contributed by atoms with E-state index in [0.717, 1.165) is 13.1 Å². The van der Waals surface area contributed by atoms with Crippen molar-refractivity contribution in [2.75, 3.05) is 13.1 Å². The molecule has 0 aromatic heterocycles. The number of hydrogen-bond donors (Lipinski definition) is 1. The van der Waals surface area contributed by atoms with E-state index in [4.69, 9.17) is 0 Å². The molecule has 2 nitrogen and oxygen atoms in total. The summed E-state index contributed by atoms with van der Waals surface area (Å²) < 4.78 is 0. The van der Waals surface area contributed by atoms with E-state index in [1.807, 2.05) is 0 Å². The molecule has 2 aromatic rings. The summed E-state index contributed by atoms with van der Waals surface area (Å²) in [5.74, 6) is 0. The number of rotatable bonds is 3. The predicted molar refractivity (Wildman–Crippen MR) is 72.3 cm³/mol. The molecular weight excluding hydrogens is 210 g/mol. The first-order chi connectivity index (χ1) is 7.77. The summed E-state index contributed by atoms with van der Waals surface area (Å²) in [6.07, 6.45) is 0. The van der Waals surface area contributed by atoms with E-state index in [1.165, 1.54) is 22.0 Å². The zero-order valence-electron chi connectivity index (χ0n) is 10.8. The molecule has 17 heavy (non-hydrogen) atoms. The maximum Gasteiger partial charge on any atom is 0.142 e. The maximum absolute atomic E-state index is 2.25. The summed E-state index contributed by atoms with van der Waals surface area (Å²) >= 11 is 0. The van der Waals surface area contributed by atoms with E-state index >= 15 is 0 Å². The van der Waals surface area contributed by atoms with Crippen molar-refractivity contribution in [3.05, 3.63) is 42.0 Å². The summed E-state index contributed by atoms with van der Waals surface area (Å²) in [4.78, 5) is 1.56. The second kappa shape index (κ2) is 5.80. The quantitative estimate of drug-likeness (QED) is 0.865. The molecule has 0 fully saturated rings. The standard InChI is InChI=1S/C15H19N.H2O/c1-4-16(5-2)15-12(3)10-11-13-8-6-7-9-14(13)15;/h6-11H,4-5H2,1-3H3;1H2. The molecular formula is C15H21NO. The Hall–Kier alpha value is -1.38. The molecule has 0 saturated heterocycles. The first-order valence-electron chi connectivity index (χ1n) is 6.11. The van der Waals surface area contributed by atoms with Gasteiger partial charge in [0.05, 0.1) is 13.1 Å². The average Bonchev–Trinajstić information content (AvgIpc) is 2.33. The highest BCUT2D eigenvalue weighted by molar-refractivity contribution is 5.91. The van der Waals surface area contributed by atoms with Crippen LogP contribution in [0.25, 0.3) is 10.8 Å². The van der Waals surface area contributed by atoms with E-state index < -0.39 is 0 Å². The lowest BCUT2D eigenvalue weighted by molar-refractivity contribution is -0.827. The Labute approximate surface area is 103 Å². The van der Waals surface area contributed by atoms with Gasteiger partial charge in [0.15, 0.2) is 0 Å². The van der Waals surface area contributed by atoms with Crippen molar-refractivity contribution in [1.82, 2.24) is 0 Å². The second-order valence-corrected chi connectivity index (χ2v) is 4.29. The van der Waals surface area contributed by atoms with Gasteiger partial charge in [-0.2, -0.15) is 0 Å². The Bertz CT molecular complexity index is 489. The van der Waals surface area contributed by atoms with Gasteiger partial charge < -0.3 is 10.4 Å². The molecule has 0 aliphatic carbocycles. The van der Waals surface area contributed by atoms with Crippen LogP contribution in [0.1, 0.15) is 19.4 Å². The van der Waals surface area contributed by atoms with Crippen molar-refractivity contribution in [3.63, 3.8) is 0 Å². The van der Waals surface area contributed by atoms with E-state index in [0.29, 0.717) is 0 Å². The van der Waals surface area contributed by atoms with Gasteiger partial charge >= 0.3 is 0 Å². The number of quaternary nitrogens is 1. The van der Waals surface area contributed by atoms with Crippen molar-refractivity contribution in [1.29, 1.82) is 0 Å². The Kier molecular flexibility index (Phi) is 4.67. The third-order valence-corrected chi connectivity index (χ3v) is 3.34. The number of hydrogen-bond acceptors (Lipinski definition) is 1. The van der Waals surface area contributed by atoms with Crippen LogP contribution >= 0.6 is 0 Å². The summed E-state index contributed by atoms with van der Waals surface area (Å²) in [6, 6.07) is 13.1. The summed E-state index contributed by atoms with van der Waals surface area (Å²) in [7, 11) is 0. The first-order valence-corrected chi connectivity index (χ1v) is 6.11. The van der Waals surface area contributed by atoms with Gasteiger partial charge in [-0.3, -0.25) is 0 Å². The SMILES string of the molecule is CC[NH+](CC)c1c(C)ccc2ccccc12.[OH-]. The van der Waals surface area contributed by atoms with Crippen LogP contribution in [0, 0.1) is 6.92 Å². The first kappa shape index (κ1) is 13.7. The van der Waals surface area contributed by atoms with E-state index in [1.54, 1.807) is 4.90 Å². The summed E-state index contributed by atoms with van der Waals surface area (Å²) in [5.41, 5.74) is 2.88. The lowest BCUT2D eigenvalue weighted by Crippen LogP contribution is -3.06. The Balaban J connectivity index is 0.00000144. The molecule has 2 rings (SSSR count). The van der Waals surface area contributed by atoms with Gasteiger partial charge in [0.2, 0.25) is 0 Å². The maximum atomic E-state index is 2.25. The van der Waals surface area contributed by atoms with E-state index in [2.05, 4.69) is 57.2 Å². The van der Waals surface area contributed by atoms with Crippen LogP contribution in [-0.2, 0) is 0 Å². The fraction of sp³-hybridized carbons (Fsp3) is 0.333. The monoisotopic (exact) mass is 231 g/mol. The van der Waals surface area contributed by atoms with Crippen molar-refractivity contribution < 1.29 is 10.4 Å². The Morgan fingerprint density at radius 3 is 2.24 bits per heavy atom. The summed E-state index contributed by atoms with van der Waals surface area (Å²) in [5, 5.41) is 2.75. The highest BCUT2D eigenvalue weighted by Gasteiger charge is 2.14. The third kappa shape index (κ3) is 2.48. The molecule has 0 heterocycles. The van der Waals surface area contributed by atoms with Crippen LogP contribution in [0.4, 0.5) is 5.69 Å². The highest BCUT2D eigenvalue weighted by Crippen LogP contribution is 2.23. The van der Waals surface area contributed by atoms with Crippen LogP contribution in [0.15, 0.2) is 36.4 Å². The minimum atomic E-state index is 0. The molecule has 0 radical (unpaired) electrons. The lowest BCUT2D eigenvalue weighted by Gasteiger charge is -2.19. The highest BCUT2D eigenvalue weighted by atomic mass is 16.0. The molecule has 2 N–H and O–H groups in total. The topological polar surface area (TPSA) is 34.4 Å². The Morgan fingerprint density at radius 1 is 0.941 bits per heavy atom. The zero-order valence-corrected chi connectivity index (χ0v) is 10.8. The third-order valence-electron chi connectivity index (χ3n) is 3.34. The zero-order chi connectivity index (χ0) is 11.5. The van der Waals surface area contributed by atoms with Gasteiger partial charge in [0.1, 0.15) is 5.69 Å². The average molecular weight is 231 g/mol. The van der Waals surface area contributed by atoms with Gasteiger partial charge in [-0.25, -0.2) is 0 Å². The van der Waals surface area contributed by atoms with Gasteiger partial charge in [-0.15, -0.1) is 0 Å². The largest absolute Gasteiger partial charge is 0.870 e. The predicted octanol–water partition coefficient (Wildman–Crippen LogP) is 2.53. The molecule has 0 amide bonds. The van der Waals surface area contributed by atoms with Crippen molar-refractivity contribution in [3.8, 4) is 0 Å². The summed E-state index contributed by atoms with van der Waals surface area (Å²) in [6.45, 7) is 9.00. The van der Waals surface area contributed by atoms with Crippen LogP contribution in [-0.4, -0.2) is 18.6 Å². The smallest absolute Gasteiger partial charge is 0.142 e. The fourth-order valence-corrected chi connectivity index (χ4v) is 2.45. The molecule has 0 bridgehead atoms. The minimum absolute atomic E-state index is 0. The molecule has 0 saturated carbocycles. The van der Waals surface area contributed by atoms with Crippen LogP contribution in [0.5, 0.6) is 0 Å². The van der Waals surface area contributed by atoms with Crippen molar-refractivity contribution in [2.24, 2.45) is 0 Å². The van der Waals surface area contributed by atoms with E-state index in [-0.39, 0.29) is 5.48 Å². The molecule has 92 valence electrons.